The van der Waals surface area contributed by atoms with Gasteiger partial charge < -0.3 is 10.2 Å². The largest absolute Gasteiger partial charge is 0.352 e. The normalized spacial score (nSPS) is 12.3. The van der Waals surface area contributed by atoms with Crippen LogP contribution >= 0.6 is 23.2 Å². The lowest BCUT2D eigenvalue weighted by atomic mass is 10.1. The van der Waals surface area contributed by atoms with Gasteiger partial charge in [0.05, 0.1) is 17.0 Å². The molecule has 0 saturated carbocycles. The zero-order valence-electron chi connectivity index (χ0n) is 19.8. The zero-order valence-corrected chi connectivity index (χ0v) is 22.1. The minimum Gasteiger partial charge on any atom is -0.352 e. The molecule has 2 aromatic carbocycles. The van der Waals surface area contributed by atoms with E-state index in [-0.39, 0.29) is 54.5 Å². The van der Waals surface area contributed by atoms with Crippen molar-refractivity contribution in [2.75, 3.05) is 17.1 Å². The van der Waals surface area contributed by atoms with Crippen LogP contribution in [0, 0.1) is 0 Å². The first kappa shape index (κ1) is 28.0. The number of hydrogen-bond acceptors (Lipinski definition) is 4. The molecule has 0 spiro atoms. The predicted molar refractivity (Wildman–Crippen MR) is 138 cm³/mol. The van der Waals surface area contributed by atoms with Crippen LogP contribution in [0.5, 0.6) is 0 Å². The molecule has 0 bridgehead atoms. The van der Waals surface area contributed by atoms with Crippen molar-refractivity contribution in [3.05, 3.63) is 64.1 Å². The molecule has 0 aliphatic heterocycles. The maximum Gasteiger partial charge on any atom is 0.242 e. The highest BCUT2D eigenvalue weighted by molar-refractivity contribution is 7.92. The fourth-order valence-electron chi connectivity index (χ4n) is 3.43. The van der Waals surface area contributed by atoms with E-state index in [1.807, 2.05) is 44.2 Å². The van der Waals surface area contributed by atoms with Gasteiger partial charge in [-0.1, -0.05) is 53.5 Å². The van der Waals surface area contributed by atoms with E-state index >= 15 is 0 Å². The number of hydrogen-bond donors (Lipinski definition) is 1. The molecule has 2 amide bonds. The Morgan fingerprint density at radius 2 is 1.68 bits per heavy atom. The van der Waals surface area contributed by atoms with Crippen molar-refractivity contribution in [3.8, 4) is 0 Å². The number of benzene rings is 2. The summed E-state index contributed by atoms with van der Waals surface area (Å²) in [5.74, 6) is -0.497. The average Bonchev–Trinajstić information content (AvgIpc) is 2.75. The molecule has 10 heteroatoms. The Hall–Kier alpha value is -2.29. The molecule has 0 aliphatic rings. The molecule has 186 valence electrons. The third-order valence-electron chi connectivity index (χ3n) is 5.12. The Kier molecular flexibility index (Phi) is 10.2. The van der Waals surface area contributed by atoms with Crippen molar-refractivity contribution in [2.45, 2.75) is 52.2 Å². The Morgan fingerprint density at radius 1 is 1.03 bits per heavy atom. The van der Waals surface area contributed by atoms with Crippen molar-refractivity contribution in [3.63, 3.8) is 0 Å². The third-order valence-corrected chi connectivity index (χ3v) is 6.86. The highest BCUT2D eigenvalue weighted by Crippen LogP contribution is 2.31. The highest BCUT2D eigenvalue weighted by Gasteiger charge is 2.27. The maximum absolute atomic E-state index is 13.2. The monoisotopic (exact) mass is 527 g/mol. The van der Waals surface area contributed by atoms with Crippen molar-refractivity contribution >= 4 is 50.7 Å². The summed E-state index contributed by atoms with van der Waals surface area (Å²) in [6.07, 6.45) is 1.36. The molecule has 0 heterocycles. The van der Waals surface area contributed by atoms with Crippen LogP contribution in [-0.2, 0) is 26.2 Å². The van der Waals surface area contributed by atoms with Gasteiger partial charge in [0.15, 0.2) is 0 Å². The number of nitrogens with zero attached hydrogens (tertiary/aromatic N) is 2. The van der Waals surface area contributed by atoms with Crippen LogP contribution in [0.1, 0.15) is 39.2 Å². The van der Waals surface area contributed by atoms with Crippen LogP contribution < -0.4 is 9.62 Å². The summed E-state index contributed by atoms with van der Waals surface area (Å²) >= 11 is 12.2. The first-order valence-corrected chi connectivity index (χ1v) is 13.6. The summed E-state index contributed by atoms with van der Waals surface area (Å²) in [7, 11) is -3.67. The van der Waals surface area contributed by atoms with Gasteiger partial charge >= 0.3 is 0 Å². The SMILES string of the molecule is CC(C)NC(=O)C(C)N(Cc1ccccc1)C(=O)CCCN(c1cc(Cl)ccc1Cl)S(C)(=O)=O. The number of halogens is 2. The summed E-state index contributed by atoms with van der Waals surface area (Å²) in [5, 5.41) is 3.44. The van der Waals surface area contributed by atoms with Gasteiger partial charge in [0.25, 0.3) is 0 Å². The van der Waals surface area contributed by atoms with E-state index in [1.165, 1.54) is 17.0 Å². The number of sulfonamides is 1. The van der Waals surface area contributed by atoms with Crippen molar-refractivity contribution in [2.24, 2.45) is 0 Å². The molecule has 0 fully saturated rings. The quantitative estimate of drug-likeness (QED) is 0.466. The summed E-state index contributed by atoms with van der Waals surface area (Å²) < 4.78 is 26.0. The Bertz CT molecular complexity index is 1090. The molecule has 2 rings (SSSR count). The summed E-state index contributed by atoms with van der Waals surface area (Å²) in [4.78, 5) is 27.4. The molecule has 34 heavy (non-hydrogen) atoms. The van der Waals surface area contributed by atoms with Crippen LogP contribution in [0.25, 0.3) is 0 Å². The Balaban J connectivity index is 2.18. The van der Waals surface area contributed by atoms with Gasteiger partial charge in [-0.25, -0.2) is 8.42 Å². The topological polar surface area (TPSA) is 86.8 Å². The van der Waals surface area contributed by atoms with Crippen LogP contribution in [0.3, 0.4) is 0 Å². The first-order chi connectivity index (χ1) is 15.9. The predicted octanol–water partition coefficient (Wildman–Crippen LogP) is 4.48. The number of carbonyl (C=O) groups is 2. The molecule has 2 aromatic rings. The number of anilines is 1. The molecule has 0 radical (unpaired) electrons. The second kappa shape index (κ2) is 12.4. The standard InChI is InChI=1S/C24H31Cl2N3O4S/c1-17(2)27-24(31)18(3)28(16-19-9-6-5-7-10-19)23(30)11-8-14-29(34(4,32)33)22-15-20(25)12-13-21(22)26/h5-7,9-10,12-13,15,17-18H,8,11,14,16H2,1-4H3,(H,27,31). The van der Waals surface area contributed by atoms with Gasteiger partial charge in [0, 0.05) is 30.6 Å². The third kappa shape index (κ3) is 8.18. The van der Waals surface area contributed by atoms with Crippen LogP contribution in [-0.4, -0.2) is 50.0 Å². The smallest absolute Gasteiger partial charge is 0.242 e. The van der Waals surface area contributed by atoms with Crippen molar-refractivity contribution in [1.29, 1.82) is 0 Å². The lowest BCUT2D eigenvalue weighted by molar-refractivity contribution is -0.140. The molecule has 1 atom stereocenters. The van der Waals surface area contributed by atoms with Crippen LogP contribution in [0.15, 0.2) is 48.5 Å². The lowest BCUT2D eigenvalue weighted by Crippen LogP contribution is -2.49. The number of nitrogens with one attached hydrogen (secondary N) is 1. The zero-order chi connectivity index (χ0) is 25.5. The molecule has 0 aromatic heterocycles. The van der Waals surface area contributed by atoms with Crippen molar-refractivity contribution in [1.82, 2.24) is 10.2 Å². The summed E-state index contributed by atoms with van der Waals surface area (Å²) in [6, 6.07) is 13.2. The van der Waals surface area contributed by atoms with Gasteiger partial charge in [0.2, 0.25) is 21.8 Å². The Morgan fingerprint density at radius 3 is 2.26 bits per heavy atom. The second-order valence-corrected chi connectivity index (χ2v) is 11.1. The molecular weight excluding hydrogens is 497 g/mol. The fraction of sp³-hybridized carbons (Fsp3) is 0.417. The minimum absolute atomic E-state index is 0.0381. The van der Waals surface area contributed by atoms with E-state index in [2.05, 4.69) is 5.32 Å². The Labute approximate surface area is 212 Å². The van der Waals surface area contributed by atoms with E-state index in [4.69, 9.17) is 23.2 Å². The second-order valence-electron chi connectivity index (χ2n) is 8.38. The van der Waals surface area contributed by atoms with Gasteiger partial charge in [-0.2, -0.15) is 0 Å². The van der Waals surface area contributed by atoms with Crippen LogP contribution in [0.4, 0.5) is 5.69 Å². The molecule has 7 nitrogen and oxygen atoms in total. The van der Waals surface area contributed by atoms with Gasteiger partial charge in [-0.05, 0) is 51.0 Å². The first-order valence-electron chi connectivity index (χ1n) is 11.0. The molecule has 0 saturated heterocycles. The van der Waals surface area contributed by atoms with E-state index in [1.54, 1.807) is 13.0 Å². The molecular formula is C24H31Cl2N3O4S. The molecule has 0 aliphatic carbocycles. The van der Waals surface area contributed by atoms with Crippen molar-refractivity contribution < 1.29 is 18.0 Å². The molecule has 1 N–H and O–H groups in total. The number of carbonyl (C=O) groups excluding carboxylic acids is 2. The summed E-state index contributed by atoms with van der Waals surface area (Å²) in [5.41, 5.74) is 1.15. The average molecular weight is 529 g/mol. The van der Waals surface area contributed by atoms with Gasteiger partial charge in [0.1, 0.15) is 6.04 Å². The minimum atomic E-state index is -3.67. The van der Waals surface area contributed by atoms with E-state index in [0.29, 0.717) is 5.02 Å². The van der Waals surface area contributed by atoms with E-state index < -0.39 is 16.1 Å². The maximum atomic E-state index is 13.2. The van der Waals surface area contributed by atoms with Gasteiger partial charge in [-0.15, -0.1) is 0 Å². The number of rotatable bonds is 11. The number of amides is 2. The van der Waals surface area contributed by atoms with E-state index in [9.17, 15) is 18.0 Å². The lowest BCUT2D eigenvalue weighted by Gasteiger charge is -2.30. The molecule has 1 unspecified atom stereocenters. The van der Waals surface area contributed by atoms with E-state index in [0.717, 1.165) is 16.1 Å². The highest BCUT2D eigenvalue weighted by atomic mass is 35.5. The van der Waals surface area contributed by atoms with Gasteiger partial charge in [-0.3, -0.25) is 13.9 Å². The van der Waals surface area contributed by atoms with Crippen LogP contribution in [0.2, 0.25) is 10.0 Å². The fourth-order valence-corrected chi connectivity index (χ4v) is 4.83. The summed E-state index contributed by atoms with van der Waals surface area (Å²) in [6.45, 7) is 5.70.